The Bertz CT molecular complexity index is 1060. The van der Waals surface area contributed by atoms with E-state index >= 15 is 0 Å². The van der Waals surface area contributed by atoms with Gasteiger partial charge in [0.05, 0.1) is 36.6 Å². The molecule has 0 radical (unpaired) electrons. The molecule has 0 bridgehead atoms. The third-order valence-corrected chi connectivity index (χ3v) is 5.00. The molecule has 1 aliphatic rings. The monoisotopic (exact) mass is 383 g/mol. The van der Waals surface area contributed by atoms with Gasteiger partial charge in [0.2, 0.25) is 0 Å². The highest BCUT2D eigenvalue weighted by atomic mass is 16.5. The summed E-state index contributed by atoms with van der Waals surface area (Å²) >= 11 is 0. The van der Waals surface area contributed by atoms with Crippen molar-refractivity contribution >= 4 is 16.6 Å². The molecule has 3 heterocycles. The first-order chi connectivity index (χ1) is 13.5. The molecule has 1 fully saturated rings. The minimum Gasteiger partial charge on any atom is -0.491 e. The predicted molar refractivity (Wildman–Crippen MR) is 108 cm³/mol. The van der Waals surface area contributed by atoms with Crippen LogP contribution in [0.15, 0.2) is 23.1 Å². The summed E-state index contributed by atoms with van der Waals surface area (Å²) in [6.07, 6.45) is 1.79. The zero-order valence-electron chi connectivity index (χ0n) is 16.7. The van der Waals surface area contributed by atoms with Crippen molar-refractivity contribution in [1.82, 2.24) is 20.0 Å². The number of nitrogens with one attached hydrogen (secondary N) is 1. The van der Waals surface area contributed by atoms with E-state index < -0.39 is 0 Å². The van der Waals surface area contributed by atoms with E-state index in [9.17, 15) is 4.79 Å². The quantitative estimate of drug-likeness (QED) is 0.744. The fraction of sp³-hybridized carbons (Fsp3) is 0.450. The number of fused-ring (bicyclic) bond motifs is 1. The molecule has 148 valence electrons. The summed E-state index contributed by atoms with van der Waals surface area (Å²) in [5, 5.41) is 12.8. The number of aromatic amines is 1. The zero-order valence-corrected chi connectivity index (χ0v) is 16.7. The third-order valence-electron chi connectivity index (χ3n) is 5.00. The lowest BCUT2D eigenvalue weighted by Crippen LogP contribution is -2.41. The molecular weight excluding hydrogens is 358 g/mol. The van der Waals surface area contributed by atoms with Gasteiger partial charge in [0.1, 0.15) is 17.1 Å². The smallest absolute Gasteiger partial charge is 0.290 e. The van der Waals surface area contributed by atoms with E-state index in [4.69, 9.17) is 9.47 Å². The first kappa shape index (κ1) is 18.5. The lowest BCUT2D eigenvalue weighted by molar-refractivity contribution is 0.122. The molecule has 0 saturated carbocycles. The molecule has 1 N–H and O–H groups in total. The Hall–Kier alpha value is -2.87. The molecule has 3 aromatic rings. The highest BCUT2D eigenvalue weighted by Crippen LogP contribution is 2.36. The summed E-state index contributed by atoms with van der Waals surface area (Å²) in [5.41, 5.74) is 3.81. The minimum atomic E-state index is -0.136. The van der Waals surface area contributed by atoms with Gasteiger partial charge in [-0.15, -0.1) is 0 Å². The van der Waals surface area contributed by atoms with Crippen molar-refractivity contribution in [3.05, 3.63) is 34.2 Å². The van der Waals surface area contributed by atoms with Gasteiger partial charge in [-0.3, -0.25) is 9.89 Å². The fourth-order valence-electron chi connectivity index (χ4n) is 3.63. The van der Waals surface area contributed by atoms with Gasteiger partial charge in [-0.1, -0.05) is 0 Å². The molecule has 8 nitrogen and oxygen atoms in total. The van der Waals surface area contributed by atoms with Crippen molar-refractivity contribution in [2.75, 3.05) is 31.2 Å². The Balaban J connectivity index is 1.93. The number of rotatable bonds is 4. The molecule has 0 spiro atoms. The molecule has 28 heavy (non-hydrogen) atoms. The Morgan fingerprint density at radius 1 is 1.25 bits per heavy atom. The lowest BCUT2D eigenvalue weighted by atomic mass is 10.0. The minimum absolute atomic E-state index is 0.0705. The normalized spacial score (nSPS) is 14.8. The molecule has 0 amide bonds. The van der Waals surface area contributed by atoms with Gasteiger partial charge in [-0.05, 0) is 32.9 Å². The Labute approximate surface area is 163 Å². The summed E-state index contributed by atoms with van der Waals surface area (Å²) in [4.78, 5) is 15.0. The number of hydrogen-bond donors (Lipinski definition) is 1. The molecule has 4 rings (SSSR count). The third kappa shape index (κ3) is 3.13. The standard InChI is InChI=1S/C20H25N5O3/c1-12(2)28-16-6-5-15-17(13(16)3)18(23-22-15)14-11-21-24(4)20(26)19(14)25-7-9-27-10-8-25/h5-6,11-12H,7-10H2,1-4H3,(H,22,23). The lowest BCUT2D eigenvalue weighted by Gasteiger charge is -2.29. The van der Waals surface area contributed by atoms with Crippen LogP contribution in [0.5, 0.6) is 5.75 Å². The van der Waals surface area contributed by atoms with Crippen molar-refractivity contribution in [2.24, 2.45) is 7.05 Å². The van der Waals surface area contributed by atoms with Gasteiger partial charge in [-0.2, -0.15) is 10.2 Å². The zero-order chi connectivity index (χ0) is 19.8. The van der Waals surface area contributed by atoms with Crippen LogP contribution in [0.4, 0.5) is 5.69 Å². The van der Waals surface area contributed by atoms with E-state index in [1.54, 1.807) is 13.2 Å². The SMILES string of the molecule is Cc1c(OC(C)C)ccc2[nH]nc(-c3cnn(C)c(=O)c3N3CCOCC3)c12. The number of aryl methyl sites for hydroxylation is 2. The molecule has 2 aromatic heterocycles. The molecule has 0 atom stereocenters. The van der Waals surface area contributed by atoms with Gasteiger partial charge in [-0.25, -0.2) is 4.68 Å². The first-order valence-electron chi connectivity index (χ1n) is 9.51. The van der Waals surface area contributed by atoms with Crippen LogP contribution < -0.4 is 15.2 Å². The van der Waals surface area contributed by atoms with Crippen LogP contribution in [0.1, 0.15) is 19.4 Å². The van der Waals surface area contributed by atoms with E-state index in [0.717, 1.165) is 27.8 Å². The van der Waals surface area contributed by atoms with Crippen molar-refractivity contribution in [3.63, 3.8) is 0 Å². The van der Waals surface area contributed by atoms with E-state index in [1.165, 1.54) is 4.68 Å². The van der Waals surface area contributed by atoms with E-state index in [1.807, 2.05) is 32.9 Å². The number of nitrogens with zero attached hydrogens (tertiary/aromatic N) is 4. The first-order valence-corrected chi connectivity index (χ1v) is 9.51. The molecule has 1 saturated heterocycles. The van der Waals surface area contributed by atoms with Crippen molar-refractivity contribution < 1.29 is 9.47 Å². The fourth-order valence-corrected chi connectivity index (χ4v) is 3.63. The van der Waals surface area contributed by atoms with Crippen LogP contribution in [-0.2, 0) is 11.8 Å². The number of morpholine rings is 1. The molecule has 8 heteroatoms. The molecule has 1 aliphatic heterocycles. The summed E-state index contributed by atoms with van der Waals surface area (Å²) in [7, 11) is 1.67. The number of aromatic nitrogens is 4. The van der Waals surface area contributed by atoms with E-state index in [2.05, 4.69) is 20.2 Å². The highest BCUT2D eigenvalue weighted by molar-refractivity contribution is 5.99. The van der Waals surface area contributed by atoms with E-state index in [0.29, 0.717) is 37.7 Å². The molecule has 0 unspecified atom stereocenters. The summed E-state index contributed by atoms with van der Waals surface area (Å²) in [6.45, 7) is 8.53. The summed E-state index contributed by atoms with van der Waals surface area (Å²) in [6, 6.07) is 3.91. The Morgan fingerprint density at radius 3 is 2.71 bits per heavy atom. The molecule has 0 aliphatic carbocycles. The summed E-state index contributed by atoms with van der Waals surface area (Å²) < 4.78 is 12.8. The predicted octanol–water partition coefficient (Wildman–Crippen LogP) is 2.26. The second-order valence-corrected chi connectivity index (χ2v) is 7.29. The number of anilines is 1. The average molecular weight is 383 g/mol. The maximum Gasteiger partial charge on any atom is 0.290 e. The van der Waals surface area contributed by atoms with Gasteiger partial charge in [0.15, 0.2) is 0 Å². The van der Waals surface area contributed by atoms with Crippen LogP contribution in [0, 0.1) is 6.92 Å². The number of H-pyrrole nitrogens is 1. The van der Waals surface area contributed by atoms with Gasteiger partial charge in [0.25, 0.3) is 5.56 Å². The van der Waals surface area contributed by atoms with E-state index in [-0.39, 0.29) is 11.7 Å². The highest BCUT2D eigenvalue weighted by Gasteiger charge is 2.24. The largest absolute Gasteiger partial charge is 0.491 e. The van der Waals surface area contributed by atoms with Crippen molar-refractivity contribution in [2.45, 2.75) is 26.9 Å². The Kier molecular flexibility index (Phi) is 4.80. The van der Waals surface area contributed by atoms with Gasteiger partial charge < -0.3 is 14.4 Å². The maximum atomic E-state index is 13.0. The maximum absolute atomic E-state index is 13.0. The molecule has 1 aromatic carbocycles. The van der Waals surface area contributed by atoms with Crippen LogP contribution in [0.25, 0.3) is 22.2 Å². The van der Waals surface area contributed by atoms with Gasteiger partial charge in [0, 0.05) is 31.1 Å². The average Bonchev–Trinajstić information content (AvgIpc) is 3.11. The van der Waals surface area contributed by atoms with Crippen molar-refractivity contribution in [1.29, 1.82) is 0 Å². The van der Waals surface area contributed by atoms with Crippen LogP contribution in [0.3, 0.4) is 0 Å². The second kappa shape index (κ2) is 7.27. The van der Waals surface area contributed by atoms with Crippen LogP contribution >= 0.6 is 0 Å². The topological polar surface area (TPSA) is 85.3 Å². The summed E-state index contributed by atoms with van der Waals surface area (Å²) in [5.74, 6) is 0.815. The molecular formula is C20H25N5O3. The number of ether oxygens (including phenoxy) is 2. The Morgan fingerprint density at radius 2 is 2.00 bits per heavy atom. The number of hydrogen-bond acceptors (Lipinski definition) is 6. The number of benzene rings is 1. The second-order valence-electron chi connectivity index (χ2n) is 7.29. The van der Waals surface area contributed by atoms with Gasteiger partial charge >= 0.3 is 0 Å². The van der Waals surface area contributed by atoms with Crippen molar-refractivity contribution in [3.8, 4) is 17.0 Å². The van der Waals surface area contributed by atoms with Crippen LogP contribution in [0.2, 0.25) is 0 Å². The van der Waals surface area contributed by atoms with Crippen LogP contribution in [-0.4, -0.2) is 52.4 Å².